The van der Waals surface area contributed by atoms with Crippen molar-refractivity contribution in [3.05, 3.63) is 46.4 Å². The van der Waals surface area contributed by atoms with Crippen LogP contribution in [0, 0.1) is 0 Å². The fraction of sp³-hybridized carbons (Fsp3) is 0.350. The van der Waals surface area contributed by atoms with Crippen molar-refractivity contribution in [2.24, 2.45) is 0 Å². The maximum atomic E-state index is 13.1. The first-order valence-corrected chi connectivity index (χ1v) is 11.6. The molecule has 162 valence electrons. The number of ether oxygens (including phenoxy) is 2. The predicted octanol–water partition coefficient (Wildman–Crippen LogP) is 4.19. The number of benzene rings is 2. The van der Waals surface area contributed by atoms with Crippen LogP contribution in [-0.4, -0.2) is 45.4 Å². The van der Waals surface area contributed by atoms with E-state index in [2.05, 4.69) is 5.32 Å². The maximum absolute atomic E-state index is 13.1. The fourth-order valence-corrected chi connectivity index (χ4v) is 5.36. The number of nitrogens with zero attached hydrogens (tertiary/aromatic N) is 1. The Bertz CT molecular complexity index is 1000. The van der Waals surface area contributed by atoms with Gasteiger partial charge in [-0.3, -0.25) is 4.79 Å². The van der Waals surface area contributed by atoms with Crippen molar-refractivity contribution in [2.75, 3.05) is 32.1 Å². The summed E-state index contributed by atoms with van der Waals surface area (Å²) in [5.41, 5.74) is 0.323. The van der Waals surface area contributed by atoms with Crippen LogP contribution in [0.4, 0.5) is 5.69 Å². The Morgan fingerprint density at radius 3 is 2.37 bits per heavy atom. The van der Waals surface area contributed by atoms with Crippen LogP contribution >= 0.6 is 23.2 Å². The van der Waals surface area contributed by atoms with Crippen LogP contribution in [0.15, 0.2) is 41.3 Å². The van der Waals surface area contributed by atoms with Gasteiger partial charge in [0, 0.05) is 28.8 Å². The zero-order valence-corrected chi connectivity index (χ0v) is 18.7. The molecule has 0 aliphatic carbocycles. The highest BCUT2D eigenvalue weighted by atomic mass is 35.5. The quantitative estimate of drug-likeness (QED) is 0.652. The number of amides is 1. The first kappa shape index (κ1) is 22.7. The second-order valence-electron chi connectivity index (χ2n) is 6.77. The Balaban J connectivity index is 1.73. The zero-order chi connectivity index (χ0) is 21.7. The molecule has 0 spiro atoms. The molecule has 2 aromatic carbocycles. The van der Waals surface area contributed by atoms with E-state index in [0.29, 0.717) is 34.6 Å². The van der Waals surface area contributed by atoms with Gasteiger partial charge in [-0.15, -0.1) is 0 Å². The SMILES string of the molecule is COc1ccc(NC(=O)COc2cc(Cl)cc(Cl)c2)cc1S(=O)(=O)N1CCCCC1. The molecule has 1 fully saturated rings. The molecular formula is C20H22Cl2N2O5S. The lowest BCUT2D eigenvalue weighted by Crippen LogP contribution is -2.35. The van der Waals surface area contributed by atoms with E-state index in [9.17, 15) is 13.2 Å². The highest BCUT2D eigenvalue weighted by molar-refractivity contribution is 7.89. The lowest BCUT2D eigenvalue weighted by Gasteiger charge is -2.26. The van der Waals surface area contributed by atoms with E-state index in [1.165, 1.54) is 35.7 Å². The highest BCUT2D eigenvalue weighted by Gasteiger charge is 2.29. The van der Waals surface area contributed by atoms with Gasteiger partial charge in [-0.05, 0) is 49.2 Å². The van der Waals surface area contributed by atoms with Crippen LogP contribution in [0.25, 0.3) is 0 Å². The number of sulfonamides is 1. The third kappa shape index (κ3) is 5.57. The van der Waals surface area contributed by atoms with Crippen molar-refractivity contribution < 1.29 is 22.7 Å². The minimum absolute atomic E-state index is 0.0206. The summed E-state index contributed by atoms with van der Waals surface area (Å²) >= 11 is 11.8. The van der Waals surface area contributed by atoms with Crippen molar-refractivity contribution in [2.45, 2.75) is 24.2 Å². The van der Waals surface area contributed by atoms with Crippen molar-refractivity contribution in [1.82, 2.24) is 4.31 Å². The molecule has 1 amide bonds. The summed E-state index contributed by atoms with van der Waals surface area (Å²) in [5, 5.41) is 3.42. The van der Waals surface area contributed by atoms with Gasteiger partial charge in [0.25, 0.3) is 5.91 Å². The summed E-state index contributed by atoms with van der Waals surface area (Å²) < 4.78 is 38.2. The number of nitrogens with one attached hydrogen (secondary N) is 1. The first-order chi connectivity index (χ1) is 14.3. The van der Waals surface area contributed by atoms with E-state index >= 15 is 0 Å². The molecular weight excluding hydrogens is 451 g/mol. The average molecular weight is 473 g/mol. The number of anilines is 1. The molecule has 0 radical (unpaired) electrons. The van der Waals surface area contributed by atoms with Gasteiger partial charge < -0.3 is 14.8 Å². The van der Waals surface area contributed by atoms with E-state index in [0.717, 1.165) is 19.3 Å². The van der Waals surface area contributed by atoms with Gasteiger partial charge in [-0.25, -0.2) is 8.42 Å². The van der Waals surface area contributed by atoms with Crippen LogP contribution in [0.2, 0.25) is 10.0 Å². The number of hydrogen-bond acceptors (Lipinski definition) is 5. The molecule has 1 aliphatic heterocycles. The summed E-state index contributed by atoms with van der Waals surface area (Å²) in [5.74, 6) is 0.117. The summed E-state index contributed by atoms with van der Waals surface area (Å²) in [7, 11) is -2.32. The van der Waals surface area contributed by atoms with E-state index in [-0.39, 0.29) is 17.3 Å². The second-order valence-corrected chi connectivity index (χ2v) is 9.55. The molecule has 0 atom stereocenters. The summed E-state index contributed by atoms with van der Waals surface area (Å²) in [6, 6.07) is 9.12. The van der Waals surface area contributed by atoms with Gasteiger partial charge in [-0.1, -0.05) is 29.6 Å². The maximum Gasteiger partial charge on any atom is 0.262 e. The minimum atomic E-state index is -3.73. The Kier molecular flexibility index (Phi) is 7.46. The molecule has 30 heavy (non-hydrogen) atoms. The molecule has 3 rings (SSSR count). The summed E-state index contributed by atoms with van der Waals surface area (Å²) in [6.45, 7) is 0.646. The van der Waals surface area contributed by atoms with Crippen molar-refractivity contribution in [1.29, 1.82) is 0 Å². The number of methoxy groups -OCH3 is 1. The van der Waals surface area contributed by atoms with Crippen molar-refractivity contribution in [3.63, 3.8) is 0 Å². The van der Waals surface area contributed by atoms with Gasteiger partial charge >= 0.3 is 0 Å². The third-order valence-electron chi connectivity index (χ3n) is 4.59. The number of hydrogen-bond donors (Lipinski definition) is 1. The standard InChI is InChI=1S/C20H22Cl2N2O5S/c1-28-18-6-5-16(12-19(18)30(26,27)24-7-3-2-4-8-24)23-20(25)13-29-17-10-14(21)9-15(22)11-17/h5-6,9-12H,2-4,7-8,13H2,1H3,(H,23,25). The van der Waals surface area contributed by atoms with Crippen molar-refractivity contribution >= 4 is 44.8 Å². The third-order valence-corrected chi connectivity index (χ3v) is 6.94. The molecule has 0 saturated carbocycles. The Morgan fingerprint density at radius 1 is 1.07 bits per heavy atom. The van der Waals surface area contributed by atoms with Gasteiger partial charge in [-0.2, -0.15) is 4.31 Å². The van der Waals surface area contributed by atoms with E-state index in [1.54, 1.807) is 12.1 Å². The number of carbonyl (C=O) groups is 1. The molecule has 7 nitrogen and oxygen atoms in total. The molecule has 1 aliphatic rings. The van der Waals surface area contributed by atoms with Crippen molar-refractivity contribution in [3.8, 4) is 11.5 Å². The molecule has 2 aromatic rings. The Labute approximate surface area is 185 Å². The lowest BCUT2D eigenvalue weighted by atomic mass is 10.2. The molecule has 0 unspecified atom stereocenters. The molecule has 10 heteroatoms. The Hall–Kier alpha value is -2.00. The smallest absolute Gasteiger partial charge is 0.262 e. The number of piperidine rings is 1. The van der Waals surface area contributed by atoms with Gasteiger partial charge in [0.15, 0.2) is 6.61 Å². The summed E-state index contributed by atoms with van der Waals surface area (Å²) in [6.07, 6.45) is 2.66. The van der Waals surface area contributed by atoms with Gasteiger partial charge in [0.2, 0.25) is 10.0 Å². The molecule has 0 aromatic heterocycles. The van der Waals surface area contributed by atoms with E-state index < -0.39 is 15.9 Å². The van der Waals surface area contributed by atoms with Crippen LogP contribution in [0.5, 0.6) is 11.5 Å². The Morgan fingerprint density at radius 2 is 1.73 bits per heavy atom. The predicted molar refractivity (Wildman–Crippen MR) is 116 cm³/mol. The van der Waals surface area contributed by atoms with Crippen LogP contribution in [-0.2, 0) is 14.8 Å². The highest BCUT2D eigenvalue weighted by Crippen LogP contribution is 2.31. The van der Waals surface area contributed by atoms with Crippen LogP contribution < -0.4 is 14.8 Å². The molecule has 1 N–H and O–H groups in total. The zero-order valence-electron chi connectivity index (χ0n) is 16.4. The average Bonchev–Trinajstić information content (AvgIpc) is 2.72. The number of carbonyl (C=O) groups excluding carboxylic acids is 1. The fourth-order valence-electron chi connectivity index (χ4n) is 3.16. The largest absolute Gasteiger partial charge is 0.495 e. The first-order valence-electron chi connectivity index (χ1n) is 9.36. The molecule has 0 bridgehead atoms. The molecule has 1 heterocycles. The van der Waals surface area contributed by atoms with E-state index in [1.807, 2.05) is 0 Å². The van der Waals surface area contributed by atoms with Crippen LogP contribution in [0.1, 0.15) is 19.3 Å². The number of rotatable bonds is 7. The topological polar surface area (TPSA) is 84.9 Å². The summed E-state index contributed by atoms with van der Waals surface area (Å²) in [4.78, 5) is 12.3. The lowest BCUT2D eigenvalue weighted by molar-refractivity contribution is -0.118. The van der Waals surface area contributed by atoms with Crippen LogP contribution in [0.3, 0.4) is 0 Å². The van der Waals surface area contributed by atoms with Gasteiger partial charge in [0.1, 0.15) is 16.4 Å². The number of halogens is 2. The normalized spacial score (nSPS) is 14.9. The monoisotopic (exact) mass is 472 g/mol. The van der Waals surface area contributed by atoms with E-state index in [4.69, 9.17) is 32.7 Å². The second kappa shape index (κ2) is 9.87. The van der Waals surface area contributed by atoms with Gasteiger partial charge in [0.05, 0.1) is 7.11 Å². The molecule has 1 saturated heterocycles. The minimum Gasteiger partial charge on any atom is -0.495 e.